The van der Waals surface area contributed by atoms with E-state index in [4.69, 9.17) is 25.8 Å². The molecule has 7 heteroatoms. The van der Waals surface area contributed by atoms with Gasteiger partial charge in [0.05, 0.1) is 32.9 Å². The Balaban J connectivity index is 1.64. The van der Waals surface area contributed by atoms with Gasteiger partial charge in [0.25, 0.3) is 0 Å². The van der Waals surface area contributed by atoms with Crippen LogP contribution >= 0.6 is 11.6 Å². The number of fused-ring (bicyclic) bond motifs is 1. The highest BCUT2D eigenvalue weighted by Crippen LogP contribution is 2.33. The number of rotatable bonds is 6. The Morgan fingerprint density at radius 2 is 1.70 bits per heavy atom. The molecule has 1 amide bonds. The van der Waals surface area contributed by atoms with Gasteiger partial charge in [-0.15, -0.1) is 0 Å². The van der Waals surface area contributed by atoms with Gasteiger partial charge in [-0.1, -0.05) is 11.6 Å². The van der Waals surface area contributed by atoms with E-state index in [-0.39, 0.29) is 5.91 Å². The van der Waals surface area contributed by atoms with Crippen molar-refractivity contribution in [2.45, 2.75) is 13.0 Å². The number of nitrogens with one attached hydrogen (secondary N) is 1. The van der Waals surface area contributed by atoms with E-state index in [9.17, 15) is 4.79 Å². The molecule has 2 aromatic carbocycles. The molecule has 0 radical (unpaired) electrons. The van der Waals surface area contributed by atoms with Crippen LogP contribution in [0.5, 0.6) is 17.2 Å². The van der Waals surface area contributed by atoms with Crippen molar-refractivity contribution in [3.63, 3.8) is 0 Å². The molecule has 144 valence electrons. The smallest absolute Gasteiger partial charge is 0.238 e. The first-order chi connectivity index (χ1) is 13.0. The molecule has 0 saturated carbocycles. The van der Waals surface area contributed by atoms with Gasteiger partial charge >= 0.3 is 0 Å². The Kier molecular flexibility index (Phi) is 6.08. The lowest BCUT2D eigenvalue weighted by molar-refractivity contribution is -0.117. The van der Waals surface area contributed by atoms with E-state index in [0.717, 1.165) is 24.3 Å². The van der Waals surface area contributed by atoms with Crippen LogP contribution in [0.1, 0.15) is 11.1 Å². The Morgan fingerprint density at radius 3 is 2.33 bits per heavy atom. The maximum Gasteiger partial charge on any atom is 0.238 e. The average molecular weight is 391 g/mol. The quantitative estimate of drug-likeness (QED) is 0.819. The van der Waals surface area contributed by atoms with E-state index in [1.165, 1.54) is 5.56 Å². The van der Waals surface area contributed by atoms with Gasteiger partial charge in [-0.3, -0.25) is 9.69 Å². The maximum atomic E-state index is 12.4. The van der Waals surface area contributed by atoms with Crippen LogP contribution in [0.25, 0.3) is 0 Å². The summed E-state index contributed by atoms with van der Waals surface area (Å²) in [5.74, 6) is 1.93. The summed E-state index contributed by atoms with van der Waals surface area (Å²) in [5, 5.41) is 3.34. The second-order valence-electron chi connectivity index (χ2n) is 6.33. The molecule has 2 aromatic rings. The third kappa shape index (κ3) is 4.46. The lowest BCUT2D eigenvalue weighted by Gasteiger charge is -2.29. The normalized spacial score (nSPS) is 13.6. The maximum absolute atomic E-state index is 12.4. The van der Waals surface area contributed by atoms with E-state index in [2.05, 4.69) is 10.2 Å². The van der Waals surface area contributed by atoms with Crippen molar-refractivity contribution in [2.24, 2.45) is 0 Å². The molecular formula is C20H23ClN2O4. The van der Waals surface area contributed by atoms with Crippen molar-refractivity contribution in [3.05, 3.63) is 46.5 Å². The van der Waals surface area contributed by atoms with Crippen LogP contribution in [-0.4, -0.2) is 45.2 Å². The Labute approximate surface area is 164 Å². The zero-order chi connectivity index (χ0) is 19.4. The number of hydrogen-bond donors (Lipinski definition) is 1. The van der Waals surface area contributed by atoms with Crippen LogP contribution in [0.3, 0.4) is 0 Å². The first kappa shape index (κ1) is 19.3. The number of nitrogens with zero attached hydrogens (tertiary/aromatic N) is 1. The fourth-order valence-corrected chi connectivity index (χ4v) is 3.48. The monoisotopic (exact) mass is 390 g/mol. The molecule has 0 spiro atoms. The van der Waals surface area contributed by atoms with E-state index in [0.29, 0.717) is 35.3 Å². The number of benzene rings is 2. The molecule has 0 unspecified atom stereocenters. The molecule has 0 aromatic heterocycles. The molecule has 0 aliphatic carbocycles. The number of ether oxygens (including phenoxy) is 3. The highest BCUT2D eigenvalue weighted by Gasteiger charge is 2.21. The Morgan fingerprint density at radius 1 is 1.04 bits per heavy atom. The number of methoxy groups -OCH3 is 3. The summed E-state index contributed by atoms with van der Waals surface area (Å²) in [6, 6.07) is 9.19. The number of halogens is 1. The summed E-state index contributed by atoms with van der Waals surface area (Å²) in [6.07, 6.45) is 0.858. The predicted octanol–water partition coefficient (Wildman–Crippen LogP) is 3.36. The highest BCUT2D eigenvalue weighted by atomic mass is 35.5. The largest absolute Gasteiger partial charge is 0.495 e. The summed E-state index contributed by atoms with van der Waals surface area (Å²) in [4.78, 5) is 14.5. The van der Waals surface area contributed by atoms with Gasteiger partial charge in [0.15, 0.2) is 11.5 Å². The minimum Gasteiger partial charge on any atom is -0.495 e. The third-order valence-electron chi connectivity index (χ3n) is 4.60. The number of hydrogen-bond acceptors (Lipinski definition) is 5. The van der Waals surface area contributed by atoms with Crippen LogP contribution in [0.15, 0.2) is 30.3 Å². The molecule has 27 heavy (non-hydrogen) atoms. The summed E-state index contributed by atoms with van der Waals surface area (Å²) in [7, 11) is 4.81. The van der Waals surface area contributed by atoms with E-state index >= 15 is 0 Å². The van der Waals surface area contributed by atoms with Crippen LogP contribution in [0.2, 0.25) is 5.02 Å². The topological polar surface area (TPSA) is 60.0 Å². The number of carbonyl (C=O) groups is 1. The molecule has 1 aliphatic heterocycles. The van der Waals surface area contributed by atoms with Crippen LogP contribution in [0, 0.1) is 0 Å². The molecule has 6 nitrogen and oxygen atoms in total. The minimum absolute atomic E-state index is 0.0832. The van der Waals surface area contributed by atoms with Gasteiger partial charge in [0.1, 0.15) is 5.75 Å². The zero-order valence-electron chi connectivity index (χ0n) is 15.7. The summed E-state index contributed by atoms with van der Waals surface area (Å²) in [6.45, 7) is 1.79. The first-order valence-corrected chi connectivity index (χ1v) is 9.01. The average Bonchev–Trinajstić information content (AvgIpc) is 2.66. The van der Waals surface area contributed by atoms with Crippen molar-refractivity contribution in [1.82, 2.24) is 4.90 Å². The zero-order valence-corrected chi connectivity index (χ0v) is 16.4. The van der Waals surface area contributed by atoms with Crippen molar-refractivity contribution >= 4 is 23.2 Å². The van der Waals surface area contributed by atoms with Crippen molar-refractivity contribution < 1.29 is 19.0 Å². The van der Waals surface area contributed by atoms with Crippen LogP contribution < -0.4 is 19.5 Å². The molecule has 3 rings (SSSR count). The fourth-order valence-electron chi connectivity index (χ4n) is 3.22. The van der Waals surface area contributed by atoms with Gasteiger partial charge in [-0.25, -0.2) is 0 Å². The fraction of sp³-hybridized carbons (Fsp3) is 0.350. The number of amides is 1. The summed E-state index contributed by atoms with van der Waals surface area (Å²) in [5.41, 5.74) is 3.03. The van der Waals surface area contributed by atoms with Crippen molar-refractivity contribution in [1.29, 1.82) is 0 Å². The second-order valence-corrected chi connectivity index (χ2v) is 6.74. The standard InChI is InChI=1S/C20H23ClN2O4/c1-25-17-5-4-15(10-16(17)21)22-20(24)12-23-7-6-13-8-18(26-2)19(27-3)9-14(13)11-23/h4-5,8-10H,6-7,11-12H2,1-3H3,(H,22,24). The van der Waals surface area contributed by atoms with Crippen LogP contribution in [0.4, 0.5) is 5.69 Å². The van der Waals surface area contributed by atoms with E-state index < -0.39 is 0 Å². The van der Waals surface area contributed by atoms with Gasteiger partial charge in [-0.2, -0.15) is 0 Å². The molecule has 1 N–H and O–H groups in total. The van der Waals surface area contributed by atoms with Crippen LogP contribution in [-0.2, 0) is 17.8 Å². The Hall–Kier alpha value is -2.44. The van der Waals surface area contributed by atoms with E-state index in [1.807, 2.05) is 12.1 Å². The highest BCUT2D eigenvalue weighted by molar-refractivity contribution is 6.32. The van der Waals surface area contributed by atoms with Gasteiger partial charge < -0.3 is 19.5 Å². The minimum atomic E-state index is -0.0832. The summed E-state index contributed by atoms with van der Waals surface area (Å²) < 4.78 is 15.9. The SMILES string of the molecule is COc1ccc(NC(=O)CN2CCc3cc(OC)c(OC)cc3C2)cc1Cl. The first-order valence-electron chi connectivity index (χ1n) is 8.63. The molecule has 0 fully saturated rings. The van der Waals surface area contributed by atoms with Crippen molar-refractivity contribution in [3.8, 4) is 17.2 Å². The summed E-state index contributed by atoms with van der Waals surface area (Å²) >= 11 is 6.11. The van der Waals surface area contributed by atoms with Crippen molar-refractivity contribution in [2.75, 3.05) is 39.7 Å². The lowest BCUT2D eigenvalue weighted by atomic mass is 9.99. The second kappa shape index (κ2) is 8.50. The molecule has 0 bridgehead atoms. The molecule has 0 saturated heterocycles. The number of carbonyl (C=O) groups excluding carboxylic acids is 1. The number of anilines is 1. The van der Waals surface area contributed by atoms with Gasteiger partial charge in [0.2, 0.25) is 5.91 Å². The molecular weight excluding hydrogens is 368 g/mol. The molecule has 1 aliphatic rings. The van der Waals surface area contributed by atoms with Gasteiger partial charge in [0, 0.05) is 18.8 Å². The van der Waals surface area contributed by atoms with E-state index in [1.54, 1.807) is 39.5 Å². The Bertz CT molecular complexity index is 841. The predicted molar refractivity (Wildman–Crippen MR) is 105 cm³/mol. The lowest BCUT2D eigenvalue weighted by Crippen LogP contribution is -2.37. The molecule has 1 heterocycles. The molecule has 0 atom stereocenters. The third-order valence-corrected chi connectivity index (χ3v) is 4.90. The van der Waals surface area contributed by atoms with Gasteiger partial charge in [-0.05, 0) is 47.9 Å².